The number of nitrogen functional groups attached to an aromatic ring is 1. The first-order valence-electron chi connectivity index (χ1n) is 8.56. The molecule has 2 aromatic heterocycles. The van der Waals surface area contributed by atoms with Gasteiger partial charge in [-0.1, -0.05) is 18.2 Å². The van der Waals surface area contributed by atoms with Gasteiger partial charge in [0.05, 0.1) is 6.20 Å². The van der Waals surface area contributed by atoms with E-state index in [2.05, 4.69) is 4.98 Å². The van der Waals surface area contributed by atoms with E-state index in [0.29, 0.717) is 22.6 Å². The molecule has 0 bridgehead atoms. The molecule has 0 saturated carbocycles. The largest absolute Gasteiger partial charge is 0.489 e. The lowest BCUT2D eigenvalue weighted by Crippen LogP contribution is -2.13. The van der Waals surface area contributed by atoms with Crippen molar-refractivity contribution < 1.29 is 13.9 Å². The van der Waals surface area contributed by atoms with Crippen LogP contribution in [0.3, 0.4) is 0 Å². The molecular formula is C21H17FN4O2. The Hall–Kier alpha value is -3.87. The summed E-state index contributed by atoms with van der Waals surface area (Å²) in [6.07, 6.45) is 3.17. The lowest BCUT2D eigenvalue weighted by molar-refractivity contribution is 0.0995. The van der Waals surface area contributed by atoms with Crippen molar-refractivity contribution in [1.82, 2.24) is 9.38 Å². The Morgan fingerprint density at radius 2 is 1.96 bits per heavy atom. The average Bonchev–Trinajstić information content (AvgIpc) is 3.12. The number of anilines is 1. The predicted octanol–water partition coefficient (Wildman–Crippen LogP) is 3.40. The molecule has 1 amide bonds. The molecule has 6 nitrogen and oxygen atoms in total. The summed E-state index contributed by atoms with van der Waals surface area (Å²) in [5, 5.41) is 0. The van der Waals surface area contributed by atoms with Crippen LogP contribution >= 0.6 is 0 Å². The van der Waals surface area contributed by atoms with E-state index in [0.717, 1.165) is 11.1 Å². The van der Waals surface area contributed by atoms with E-state index in [4.69, 9.17) is 16.2 Å². The number of fused-ring (bicyclic) bond motifs is 1. The second kappa shape index (κ2) is 7.03. The van der Waals surface area contributed by atoms with Crippen LogP contribution < -0.4 is 16.2 Å². The Bertz CT molecular complexity index is 1190. The number of amides is 1. The number of rotatable bonds is 5. The number of primary amides is 1. The third-order valence-corrected chi connectivity index (χ3v) is 4.45. The third kappa shape index (κ3) is 3.25. The predicted molar refractivity (Wildman–Crippen MR) is 104 cm³/mol. The van der Waals surface area contributed by atoms with Gasteiger partial charge in [0, 0.05) is 28.6 Å². The SMILES string of the molecule is NC(=O)c1cnc2ccc(-c3cc(OCc4ccccc4F)ccc3N)cn12. The second-order valence-corrected chi connectivity index (χ2v) is 6.28. The van der Waals surface area contributed by atoms with E-state index in [1.807, 2.05) is 6.07 Å². The van der Waals surface area contributed by atoms with Gasteiger partial charge in [0.25, 0.3) is 5.91 Å². The summed E-state index contributed by atoms with van der Waals surface area (Å²) >= 11 is 0. The fraction of sp³-hybridized carbons (Fsp3) is 0.0476. The molecule has 4 aromatic rings. The van der Waals surface area contributed by atoms with Crippen molar-refractivity contribution in [3.63, 3.8) is 0 Å². The molecule has 4 N–H and O–H groups in total. The van der Waals surface area contributed by atoms with E-state index in [1.54, 1.807) is 53.1 Å². The first kappa shape index (κ1) is 17.5. The molecule has 0 spiro atoms. The number of carbonyl (C=O) groups is 1. The van der Waals surface area contributed by atoms with Gasteiger partial charge in [-0.3, -0.25) is 9.20 Å². The van der Waals surface area contributed by atoms with Crippen LogP contribution in [0.1, 0.15) is 16.1 Å². The highest BCUT2D eigenvalue weighted by atomic mass is 19.1. The number of hydrogen-bond acceptors (Lipinski definition) is 4. The molecule has 0 aliphatic rings. The van der Waals surface area contributed by atoms with Gasteiger partial charge < -0.3 is 16.2 Å². The number of nitrogens with zero attached hydrogens (tertiary/aromatic N) is 2. The van der Waals surface area contributed by atoms with Crippen LogP contribution in [0.5, 0.6) is 5.75 Å². The standard InChI is InChI=1S/C21H17FN4O2/c22-17-4-2-1-3-14(17)12-28-15-6-7-18(23)16(9-15)13-5-8-20-25-10-19(21(24)27)26(20)11-13/h1-11H,12,23H2,(H2,24,27). The van der Waals surface area contributed by atoms with Crippen LogP contribution in [0.2, 0.25) is 0 Å². The van der Waals surface area contributed by atoms with Gasteiger partial charge in [-0.2, -0.15) is 0 Å². The van der Waals surface area contributed by atoms with Crippen LogP contribution in [0.4, 0.5) is 10.1 Å². The number of carbonyl (C=O) groups excluding carboxylic acids is 1. The van der Waals surface area contributed by atoms with Gasteiger partial charge in [0.1, 0.15) is 29.5 Å². The van der Waals surface area contributed by atoms with Gasteiger partial charge in [0.2, 0.25) is 0 Å². The minimum Gasteiger partial charge on any atom is -0.489 e. The topological polar surface area (TPSA) is 95.6 Å². The zero-order chi connectivity index (χ0) is 19.7. The Balaban J connectivity index is 1.67. The summed E-state index contributed by atoms with van der Waals surface area (Å²) in [5.41, 5.74) is 14.9. The number of aromatic nitrogens is 2. The van der Waals surface area contributed by atoms with E-state index in [1.165, 1.54) is 12.3 Å². The molecule has 140 valence electrons. The first-order valence-corrected chi connectivity index (χ1v) is 8.56. The van der Waals surface area contributed by atoms with Gasteiger partial charge >= 0.3 is 0 Å². The normalized spacial score (nSPS) is 10.9. The van der Waals surface area contributed by atoms with E-state index >= 15 is 0 Å². The number of pyridine rings is 1. The monoisotopic (exact) mass is 376 g/mol. The van der Waals surface area contributed by atoms with Gasteiger partial charge in [-0.05, 0) is 36.4 Å². The van der Waals surface area contributed by atoms with Crippen molar-refractivity contribution in [1.29, 1.82) is 0 Å². The number of hydrogen-bond donors (Lipinski definition) is 2. The zero-order valence-corrected chi connectivity index (χ0v) is 14.8. The number of nitrogens with two attached hydrogens (primary N) is 2. The van der Waals surface area contributed by atoms with Crippen LogP contribution in [0.25, 0.3) is 16.8 Å². The molecule has 0 saturated heterocycles. The Labute approximate surface area is 160 Å². The summed E-state index contributed by atoms with van der Waals surface area (Å²) in [7, 11) is 0. The number of ether oxygens (including phenoxy) is 1. The molecule has 0 radical (unpaired) electrons. The van der Waals surface area contributed by atoms with Crippen LogP contribution in [-0.4, -0.2) is 15.3 Å². The number of benzene rings is 2. The maximum absolute atomic E-state index is 13.8. The summed E-state index contributed by atoms with van der Waals surface area (Å²) in [6.45, 7) is 0.0996. The van der Waals surface area contributed by atoms with Crippen LogP contribution in [-0.2, 0) is 6.61 Å². The Kier molecular flexibility index (Phi) is 4.41. The van der Waals surface area contributed by atoms with Crippen LogP contribution in [0.15, 0.2) is 67.0 Å². The van der Waals surface area contributed by atoms with Crippen molar-refractivity contribution >= 4 is 17.2 Å². The minimum absolute atomic E-state index is 0.0996. The fourth-order valence-corrected chi connectivity index (χ4v) is 2.97. The first-order chi connectivity index (χ1) is 13.5. The molecule has 0 atom stereocenters. The smallest absolute Gasteiger partial charge is 0.267 e. The zero-order valence-electron chi connectivity index (χ0n) is 14.8. The summed E-state index contributed by atoms with van der Waals surface area (Å²) in [5.74, 6) is -0.337. The quantitative estimate of drug-likeness (QED) is 0.522. The molecule has 7 heteroatoms. The molecular weight excluding hydrogens is 359 g/mol. The molecule has 0 unspecified atom stereocenters. The maximum Gasteiger partial charge on any atom is 0.267 e. The van der Waals surface area contributed by atoms with Crippen molar-refractivity contribution in [2.24, 2.45) is 5.73 Å². The molecule has 2 heterocycles. The molecule has 4 rings (SSSR count). The average molecular weight is 376 g/mol. The van der Waals surface area contributed by atoms with Gasteiger partial charge in [0.15, 0.2) is 0 Å². The minimum atomic E-state index is -0.570. The van der Waals surface area contributed by atoms with E-state index < -0.39 is 5.91 Å². The van der Waals surface area contributed by atoms with E-state index in [-0.39, 0.29) is 18.1 Å². The van der Waals surface area contributed by atoms with Crippen molar-refractivity contribution in [2.75, 3.05) is 5.73 Å². The maximum atomic E-state index is 13.8. The summed E-state index contributed by atoms with van der Waals surface area (Å²) < 4.78 is 21.1. The summed E-state index contributed by atoms with van der Waals surface area (Å²) in [4.78, 5) is 15.7. The molecule has 28 heavy (non-hydrogen) atoms. The highest BCUT2D eigenvalue weighted by Gasteiger charge is 2.12. The van der Waals surface area contributed by atoms with E-state index in [9.17, 15) is 9.18 Å². The fourth-order valence-electron chi connectivity index (χ4n) is 2.97. The Morgan fingerprint density at radius 1 is 1.14 bits per heavy atom. The highest BCUT2D eigenvalue weighted by Crippen LogP contribution is 2.31. The van der Waals surface area contributed by atoms with Crippen molar-refractivity contribution in [3.8, 4) is 16.9 Å². The molecule has 0 aliphatic carbocycles. The van der Waals surface area contributed by atoms with Gasteiger partial charge in [-0.25, -0.2) is 9.37 Å². The van der Waals surface area contributed by atoms with Gasteiger partial charge in [-0.15, -0.1) is 0 Å². The molecule has 0 fully saturated rings. The molecule has 0 aliphatic heterocycles. The lowest BCUT2D eigenvalue weighted by Gasteiger charge is -2.12. The van der Waals surface area contributed by atoms with Crippen LogP contribution in [0, 0.1) is 5.82 Å². The third-order valence-electron chi connectivity index (χ3n) is 4.45. The second-order valence-electron chi connectivity index (χ2n) is 6.28. The van der Waals surface area contributed by atoms with Crippen molar-refractivity contribution in [3.05, 3.63) is 84.1 Å². The lowest BCUT2D eigenvalue weighted by atomic mass is 10.1. The number of halogens is 1. The molecule has 2 aromatic carbocycles. The highest BCUT2D eigenvalue weighted by molar-refractivity contribution is 5.92. The Morgan fingerprint density at radius 3 is 2.75 bits per heavy atom. The summed E-state index contributed by atoms with van der Waals surface area (Å²) in [6, 6.07) is 15.3. The van der Waals surface area contributed by atoms with Crippen molar-refractivity contribution in [2.45, 2.75) is 6.61 Å². The number of imidazole rings is 1.